The quantitative estimate of drug-likeness (QED) is 0.858. The first-order valence-electron chi connectivity index (χ1n) is 5.79. The van der Waals surface area contributed by atoms with E-state index in [-0.39, 0.29) is 0 Å². The summed E-state index contributed by atoms with van der Waals surface area (Å²) in [6, 6.07) is 8.51. The van der Waals surface area contributed by atoms with Gasteiger partial charge < -0.3 is 15.1 Å². The van der Waals surface area contributed by atoms with Crippen LogP contribution in [0.3, 0.4) is 0 Å². The second-order valence-electron chi connectivity index (χ2n) is 3.76. The van der Waals surface area contributed by atoms with Gasteiger partial charge in [0.1, 0.15) is 0 Å². The number of hydrogen-bond donors (Lipinski definition) is 2. The second kappa shape index (κ2) is 6.51. The number of benzene rings is 1. The molecule has 1 aromatic heterocycles. The smallest absolute Gasteiger partial charge is 0.315 e. The lowest BCUT2D eigenvalue weighted by molar-refractivity contribution is 0.481. The summed E-state index contributed by atoms with van der Waals surface area (Å²) in [4.78, 5) is 0. The molecule has 0 aliphatic heterocycles. The molecule has 0 saturated heterocycles. The van der Waals surface area contributed by atoms with Crippen LogP contribution in [0.1, 0.15) is 18.4 Å². The third-order valence-corrected chi connectivity index (χ3v) is 2.82. The van der Waals surface area contributed by atoms with Crippen molar-refractivity contribution in [2.45, 2.75) is 20.0 Å². The van der Waals surface area contributed by atoms with Crippen molar-refractivity contribution < 1.29 is 4.42 Å². The third kappa shape index (κ3) is 3.82. The number of hydrogen-bond acceptors (Lipinski definition) is 5. The summed E-state index contributed by atoms with van der Waals surface area (Å²) in [6.07, 6.45) is 0. The van der Waals surface area contributed by atoms with E-state index in [4.69, 9.17) is 4.42 Å². The van der Waals surface area contributed by atoms with Crippen molar-refractivity contribution in [1.29, 1.82) is 0 Å². The first-order chi connectivity index (χ1) is 8.78. The molecular formula is C12H15BrN4O. The SMILES string of the molecule is CCNCc1nnc(NCc2cccc(Br)c2)o1. The van der Waals surface area contributed by atoms with Gasteiger partial charge in [0, 0.05) is 11.0 Å². The van der Waals surface area contributed by atoms with Crippen LogP contribution in [0.15, 0.2) is 33.2 Å². The maximum Gasteiger partial charge on any atom is 0.315 e. The van der Waals surface area contributed by atoms with Crippen LogP contribution in [0.4, 0.5) is 6.01 Å². The highest BCUT2D eigenvalue weighted by molar-refractivity contribution is 9.10. The van der Waals surface area contributed by atoms with E-state index in [0.29, 0.717) is 25.0 Å². The second-order valence-corrected chi connectivity index (χ2v) is 4.68. The molecule has 0 bridgehead atoms. The number of rotatable bonds is 6. The maximum atomic E-state index is 5.43. The topological polar surface area (TPSA) is 63.0 Å². The van der Waals surface area contributed by atoms with Gasteiger partial charge in [-0.3, -0.25) is 0 Å². The Morgan fingerprint density at radius 3 is 2.94 bits per heavy atom. The molecule has 1 aromatic carbocycles. The highest BCUT2D eigenvalue weighted by Crippen LogP contribution is 2.13. The zero-order valence-corrected chi connectivity index (χ0v) is 11.7. The van der Waals surface area contributed by atoms with Crippen LogP contribution in [-0.4, -0.2) is 16.7 Å². The van der Waals surface area contributed by atoms with E-state index in [1.165, 1.54) is 0 Å². The minimum atomic E-state index is 0.447. The summed E-state index contributed by atoms with van der Waals surface area (Å²) in [7, 11) is 0. The van der Waals surface area contributed by atoms with E-state index in [9.17, 15) is 0 Å². The number of halogens is 1. The minimum Gasteiger partial charge on any atom is -0.407 e. The lowest BCUT2D eigenvalue weighted by Crippen LogP contribution is -2.11. The summed E-state index contributed by atoms with van der Waals surface area (Å²) in [6.45, 7) is 4.16. The molecule has 0 fully saturated rings. The van der Waals surface area contributed by atoms with Gasteiger partial charge in [0.15, 0.2) is 0 Å². The predicted molar refractivity (Wildman–Crippen MR) is 73.1 cm³/mol. The van der Waals surface area contributed by atoms with Crippen molar-refractivity contribution in [3.05, 3.63) is 40.2 Å². The van der Waals surface area contributed by atoms with Gasteiger partial charge in [-0.2, -0.15) is 0 Å². The van der Waals surface area contributed by atoms with Crippen LogP contribution in [0, 0.1) is 0 Å². The van der Waals surface area contributed by atoms with Gasteiger partial charge in [-0.25, -0.2) is 0 Å². The molecule has 0 aliphatic carbocycles. The average molecular weight is 311 g/mol. The van der Waals surface area contributed by atoms with Gasteiger partial charge >= 0.3 is 6.01 Å². The first-order valence-corrected chi connectivity index (χ1v) is 6.58. The Bertz CT molecular complexity index is 500. The van der Waals surface area contributed by atoms with E-state index in [1.807, 2.05) is 31.2 Å². The molecule has 0 spiro atoms. The van der Waals surface area contributed by atoms with E-state index >= 15 is 0 Å². The Morgan fingerprint density at radius 1 is 1.28 bits per heavy atom. The number of aromatic nitrogens is 2. The lowest BCUT2D eigenvalue weighted by Gasteiger charge is -2.02. The molecule has 2 N–H and O–H groups in total. The fourth-order valence-corrected chi connectivity index (χ4v) is 1.90. The van der Waals surface area contributed by atoms with Gasteiger partial charge in [-0.1, -0.05) is 40.1 Å². The summed E-state index contributed by atoms with van der Waals surface area (Å²) >= 11 is 3.43. The fraction of sp³-hybridized carbons (Fsp3) is 0.333. The highest BCUT2D eigenvalue weighted by atomic mass is 79.9. The molecule has 0 aliphatic rings. The molecule has 0 amide bonds. The fourth-order valence-electron chi connectivity index (χ4n) is 1.45. The molecule has 96 valence electrons. The zero-order valence-electron chi connectivity index (χ0n) is 10.1. The van der Waals surface area contributed by atoms with E-state index in [2.05, 4.69) is 36.8 Å². The summed E-state index contributed by atoms with van der Waals surface area (Å²) < 4.78 is 6.49. The van der Waals surface area contributed by atoms with Gasteiger partial charge in [0.2, 0.25) is 5.89 Å². The van der Waals surface area contributed by atoms with Crippen molar-refractivity contribution in [3.63, 3.8) is 0 Å². The molecule has 5 nitrogen and oxygen atoms in total. The standard InChI is InChI=1S/C12H15BrN4O/c1-2-14-8-11-16-17-12(18-11)15-7-9-4-3-5-10(13)6-9/h3-6,14H,2,7-8H2,1H3,(H,15,17). The molecule has 2 rings (SSSR count). The highest BCUT2D eigenvalue weighted by Gasteiger charge is 2.04. The molecule has 0 saturated carbocycles. The molecule has 1 heterocycles. The third-order valence-electron chi connectivity index (χ3n) is 2.33. The monoisotopic (exact) mass is 310 g/mol. The van der Waals surface area contributed by atoms with Crippen LogP contribution in [-0.2, 0) is 13.1 Å². The van der Waals surface area contributed by atoms with E-state index in [0.717, 1.165) is 16.6 Å². The molecule has 0 radical (unpaired) electrons. The van der Waals surface area contributed by atoms with Crippen molar-refractivity contribution in [1.82, 2.24) is 15.5 Å². The Labute approximate surface area is 114 Å². The Morgan fingerprint density at radius 2 is 2.17 bits per heavy atom. The Balaban J connectivity index is 1.88. The van der Waals surface area contributed by atoms with Crippen molar-refractivity contribution in [3.8, 4) is 0 Å². The van der Waals surface area contributed by atoms with Crippen LogP contribution >= 0.6 is 15.9 Å². The van der Waals surface area contributed by atoms with Gasteiger partial charge in [0.05, 0.1) is 6.54 Å². The van der Waals surface area contributed by atoms with Crippen molar-refractivity contribution >= 4 is 21.9 Å². The summed E-state index contributed by atoms with van der Waals surface area (Å²) in [5.74, 6) is 0.591. The number of nitrogens with zero attached hydrogens (tertiary/aromatic N) is 2. The normalized spacial score (nSPS) is 10.6. The van der Waals surface area contributed by atoms with Gasteiger partial charge in [-0.15, -0.1) is 5.10 Å². The molecule has 6 heteroatoms. The summed E-state index contributed by atoms with van der Waals surface area (Å²) in [5, 5.41) is 14.1. The van der Waals surface area contributed by atoms with Crippen molar-refractivity contribution in [2.75, 3.05) is 11.9 Å². The maximum absolute atomic E-state index is 5.43. The van der Waals surface area contributed by atoms with E-state index in [1.54, 1.807) is 0 Å². The summed E-state index contributed by atoms with van der Waals surface area (Å²) in [5.41, 5.74) is 1.15. The minimum absolute atomic E-state index is 0.447. The molecule has 0 unspecified atom stereocenters. The van der Waals surface area contributed by atoms with Crippen LogP contribution < -0.4 is 10.6 Å². The molecular weight excluding hydrogens is 296 g/mol. The van der Waals surface area contributed by atoms with Crippen LogP contribution in [0.25, 0.3) is 0 Å². The first kappa shape index (κ1) is 13.0. The number of nitrogens with one attached hydrogen (secondary N) is 2. The molecule has 0 atom stereocenters. The van der Waals surface area contributed by atoms with Gasteiger partial charge in [-0.05, 0) is 24.2 Å². The Kier molecular flexibility index (Phi) is 4.72. The number of anilines is 1. The Hall–Kier alpha value is -1.40. The average Bonchev–Trinajstić information content (AvgIpc) is 2.82. The van der Waals surface area contributed by atoms with E-state index < -0.39 is 0 Å². The lowest BCUT2D eigenvalue weighted by atomic mass is 10.2. The molecule has 18 heavy (non-hydrogen) atoms. The van der Waals surface area contributed by atoms with Gasteiger partial charge in [0.25, 0.3) is 0 Å². The van der Waals surface area contributed by atoms with Crippen LogP contribution in [0.2, 0.25) is 0 Å². The van der Waals surface area contributed by atoms with Crippen LogP contribution in [0.5, 0.6) is 0 Å². The zero-order chi connectivity index (χ0) is 12.8. The predicted octanol–water partition coefficient (Wildman–Crippen LogP) is 2.55. The molecule has 2 aromatic rings. The van der Waals surface area contributed by atoms with Crippen molar-refractivity contribution in [2.24, 2.45) is 0 Å². The largest absolute Gasteiger partial charge is 0.407 e.